The van der Waals surface area contributed by atoms with Crippen molar-refractivity contribution in [1.82, 2.24) is 4.90 Å². The van der Waals surface area contributed by atoms with Crippen LogP contribution in [0.15, 0.2) is 4.99 Å². The van der Waals surface area contributed by atoms with Crippen LogP contribution in [0.1, 0.15) is 12.8 Å². The Morgan fingerprint density at radius 1 is 1.55 bits per heavy atom. The highest BCUT2D eigenvalue weighted by atomic mass is 32.2. The Bertz CT molecular complexity index is 214. The fraction of sp³-hybridized carbons (Fsp3) is 0.714. The molecule has 0 saturated carbocycles. The Hall–Kier alpha value is -0.510. The fourth-order valence-corrected chi connectivity index (χ4v) is 2.29. The lowest BCUT2D eigenvalue weighted by Crippen LogP contribution is -2.42. The maximum absolute atomic E-state index is 11.3. The number of amidine groups is 1. The van der Waals surface area contributed by atoms with Crippen molar-refractivity contribution in [3.8, 4) is 0 Å². The SMILES string of the molecule is O=C1CCSC2=NCCCN12. The van der Waals surface area contributed by atoms with E-state index < -0.39 is 0 Å². The van der Waals surface area contributed by atoms with E-state index in [2.05, 4.69) is 4.99 Å². The molecule has 3 nitrogen and oxygen atoms in total. The molecule has 1 fully saturated rings. The molecule has 0 spiro atoms. The summed E-state index contributed by atoms with van der Waals surface area (Å²) in [5.74, 6) is 1.16. The molecule has 0 aromatic rings. The molecule has 0 bridgehead atoms. The Balaban J connectivity index is 2.20. The zero-order valence-corrected chi connectivity index (χ0v) is 7.06. The van der Waals surface area contributed by atoms with Gasteiger partial charge in [-0.2, -0.15) is 0 Å². The third-order valence-corrected chi connectivity index (χ3v) is 2.88. The van der Waals surface area contributed by atoms with Crippen molar-refractivity contribution < 1.29 is 4.79 Å². The molecule has 0 N–H and O–H groups in total. The predicted molar refractivity (Wildman–Crippen MR) is 45.7 cm³/mol. The van der Waals surface area contributed by atoms with Crippen molar-refractivity contribution >= 4 is 22.8 Å². The van der Waals surface area contributed by atoms with Crippen LogP contribution in [-0.4, -0.2) is 34.8 Å². The second-order valence-electron chi connectivity index (χ2n) is 2.66. The van der Waals surface area contributed by atoms with Gasteiger partial charge in [0.15, 0.2) is 5.17 Å². The first-order chi connectivity index (χ1) is 5.38. The number of hydrogen-bond donors (Lipinski definition) is 0. The first-order valence-corrected chi connectivity index (χ1v) is 4.84. The first-order valence-electron chi connectivity index (χ1n) is 3.85. The quantitative estimate of drug-likeness (QED) is 0.536. The molecular weight excluding hydrogens is 160 g/mol. The number of carbonyl (C=O) groups is 1. The van der Waals surface area contributed by atoms with Crippen LogP contribution in [-0.2, 0) is 4.79 Å². The summed E-state index contributed by atoms with van der Waals surface area (Å²) in [7, 11) is 0. The van der Waals surface area contributed by atoms with Crippen molar-refractivity contribution in [2.24, 2.45) is 4.99 Å². The van der Waals surface area contributed by atoms with E-state index in [4.69, 9.17) is 0 Å². The van der Waals surface area contributed by atoms with Crippen molar-refractivity contribution in [2.45, 2.75) is 12.8 Å². The van der Waals surface area contributed by atoms with Gasteiger partial charge in [0.1, 0.15) is 0 Å². The lowest BCUT2D eigenvalue weighted by Gasteiger charge is -2.30. The van der Waals surface area contributed by atoms with Crippen LogP contribution in [0.5, 0.6) is 0 Å². The Kier molecular flexibility index (Phi) is 1.85. The molecule has 60 valence electrons. The van der Waals surface area contributed by atoms with E-state index in [0.29, 0.717) is 6.42 Å². The zero-order valence-electron chi connectivity index (χ0n) is 6.25. The van der Waals surface area contributed by atoms with Crippen molar-refractivity contribution in [3.05, 3.63) is 0 Å². The third-order valence-electron chi connectivity index (χ3n) is 1.87. The van der Waals surface area contributed by atoms with Gasteiger partial charge in [-0.1, -0.05) is 11.8 Å². The minimum atomic E-state index is 0.252. The number of rotatable bonds is 0. The van der Waals surface area contributed by atoms with Crippen molar-refractivity contribution in [1.29, 1.82) is 0 Å². The maximum Gasteiger partial charge on any atom is 0.229 e. The monoisotopic (exact) mass is 170 g/mol. The number of aliphatic imine (C=N–C) groups is 1. The van der Waals surface area contributed by atoms with E-state index in [9.17, 15) is 4.79 Å². The molecular formula is C7H10N2OS. The van der Waals surface area contributed by atoms with Crippen molar-refractivity contribution in [3.63, 3.8) is 0 Å². The summed E-state index contributed by atoms with van der Waals surface area (Å²) in [6.45, 7) is 1.77. The third kappa shape index (κ3) is 1.27. The molecule has 4 heteroatoms. The second kappa shape index (κ2) is 2.85. The predicted octanol–water partition coefficient (Wildman–Crippen LogP) is 0.712. The fourth-order valence-electron chi connectivity index (χ4n) is 1.30. The highest BCUT2D eigenvalue weighted by molar-refractivity contribution is 8.13. The van der Waals surface area contributed by atoms with Gasteiger partial charge < -0.3 is 0 Å². The molecule has 2 rings (SSSR count). The topological polar surface area (TPSA) is 32.7 Å². The van der Waals surface area contributed by atoms with Gasteiger partial charge in [0, 0.05) is 25.3 Å². The van der Waals surface area contributed by atoms with Gasteiger partial charge in [0.05, 0.1) is 0 Å². The molecule has 1 amide bonds. The molecule has 0 aromatic heterocycles. The minimum Gasteiger partial charge on any atom is -0.292 e. The number of hydrogen-bond acceptors (Lipinski definition) is 3. The summed E-state index contributed by atoms with van der Waals surface area (Å²) in [5, 5.41) is 0.951. The molecule has 0 aromatic carbocycles. The Morgan fingerprint density at radius 3 is 3.27 bits per heavy atom. The van der Waals surface area contributed by atoms with Gasteiger partial charge in [-0.25, -0.2) is 0 Å². The smallest absolute Gasteiger partial charge is 0.229 e. The van der Waals surface area contributed by atoms with Crippen LogP contribution in [0.25, 0.3) is 0 Å². The molecule has 11 heavy (non-hydrogen) atoms. The summed E-state index contributed by atoms with van der Waals surface area (Å²) >= 11 is 1.71. The lowest BCUT2D eigenvalue weighted by atomic mass is 10.3. The van der Waals surface area contributed by atoms with Crippen LogP contribution in [0.2, 0.25) is 0 Å². The summed E-state index contributed by atoms with van der Waals surface area (Å²) in [6.07, 6.45) is 1.71. The molecule has 1 saturated heterocycles. The van der Waals surface area contributed by atoms with E-state index in [1.807, 2.05) is 4.90 Å². The van der Waals surface area contributed by atoms with E-state index in [1.165, 1.54) is 0 Å². The maximum atomic E-state index is 11.3. The number of amides is 1. The number of carbonyl (C=O) groups excluding carboxylic acids is 1. The van der Waals surface area contributed by atoms with Crippen molar-refractivity contribution in [2.75, 3.05) is 18.8 Å². The van der Waals surface area contributed by atoms with Gasteiger partial charge in [0.25, 0.3) is 0 Å². The van der Waals surface area contributed by atoms with E-state index >= 15 is 0 Å². The minimum absolute atomic E-state index is 0.252. The average molecular weight is 170 g/mol. The number of thioether (sulfide) groups is 1. The standard InChI is InChI=1S/C7H10N2OS/c10-6-2-5-11-7-8-3-1-4-9(6)7/h1-5H2. The molecule has 0 unspecified atom stereocenters. The summed E-state index contributed by atoms with van der Waals surface area (Å²) < 4.78 is 0. The largest absolute Gasteiger partial charge is 0.292 e. The summed E-state index contributed by atoms with van der Waals surface area (Å²) in [6, 6.07) is 0. The highest BCUT2D eigenvalue weighted by Gasteiger charge is 2.25. The highest BCUT2D eigenvalue weighted by Crippen LogP contribution is 2.21. The van der Waals surface area contributed by atoms with Crippen LogP contribution in [0, 0.1) is 0 Å². The molecule has 0 atom stereocenters. The van der Waals surface area contributed by atoms with Crippen LogP contribution >= 0.6 is 11.8 Å². The van der Waals surface area contributed by atoms with E-state index in [1.54, 1.807) is 11.8 Å². The first kappa shape index (κ1) is 7.16. The number of nitrogens with zero attached hydrogens (tertiary/aromatic N) is 2. The number of fused-ring (bicyclic) bond motifs is 1. The van der Waals surface area contributed by atoms with Gasteiger partial charge in [0.2, 0.25) is 5.91 Å². The van der Waals surface area contributed by atoms with E-state index in [-0.39, 0.29) is 5.91 Å². The molecule has 0 aliphatic carbocycles. The zero-order chi connectivity index (χ0) is 7.68. The molecule has 2 heterocycles. The van der Waals surface area contributed by atoms with Crippen LogP contribution in [0.4, 0.5) is 0 Å². The van der Waals surface area contributed by atoms with Crippen LogP contribution in [0.3, 0.4) is 0 Å². The normalized spacial score (nSPS) is 24.5. The molecule has 2 aliphatic rings. The van der Waals surface area contributed by atoms with E-state index in [0.717, 1.165) is 30.4 Å². The second-order valence-corrected chi connectivity index (χ2v) is 3.72. The Morgan fingerprint density at radius 2 is 2.45 bits per heavy atom. The molecule has 0 radical (unpaired) electrons. The molecule has 2 aliphatic heterocycles. The van der Waals surface area contributed by atoms with Gasteiger partial charge in [-0.3, -0.25) is 14.7 Å². The van der Waals surface area contributed by atoms with Gasteiger partial charge in [-0.15, -0.1) is 0 Å². The summed E-state index contributed by atoms with van der Waals surface area (Å²) in [4.78, 5) is 17.4. The average Bonchev–Trinajstić information content (AvgIpc) is 2.06. The lowest BCUT2D eigenvalue weighted by molar-refractivity contribution is -0.127. The van der Waals surface area contributed by atoms with Crippen LogP contribution < -0.4 is 0 Å². The Labute approximate surface area is 69.9 Å². The van der Waals surface area contributed by atoms with Gasteiger partial charge >= 0.3 is 0 Å². The van der Waals surface area contributed by atoms with Gasteiger partial charge in [-0.05, 0) is 6.42 Å². The summed E-state index contributed by atoms with van der Waals surface area (Å²) in [5.41, 5.74) is 0.